The molecule has 0 unspecified atom stereocenters. The van der Waals surface area contributed by atoms with E-state index in [-0.39, 0.29) is 0 Å². The van der Waals surface area contributed by atoms with Crippen molar-refractivity contribution in [1.29, 1.82) is 0 Å². The lowest BCUT2D eigenvalue weighted by molar-refractivity contribution is 0.485. The molecule has 2 heterocycles. The number of benzene rings is 1. The van der Waals surface area contributed by atoms with E-state index in [1.807, 2.05) is 54.0 Å². The van der Waals surface area contributed by atoms with Gasteiger partial charge in [0.05, 0.1) is 11.4 Å². The molecule has 2 aromatic heterocycles. The number of nitrogen functional groups attached to an aromatic ring is 1. The molecule has 0 fully saturated rings. The molecule has 4 heteroatoms. The van der Waals surface area contributed by atoms with E-state index in [2.05, 4.69) is 4.98 Å². The second kappa shape index (κ2) is 4.07. The van der Waals surface area contributed by atoms with Gasteiger partial charge in [-0.25, -0.2) is 4.98 Å². The van der Waals surface area contributed by atoms with Crippen molar-refractivity contribution in [1.82, 2.24) is 9.38 Å². The van der Waals surface area contributed by atoms with Gasteiger partial charge in [0.25, 0.3) is 0 Å². The lowest BCUT2D eigenvalue weighted by Gasteiger charge is -2.07. The molecular weight excluding hydrogens is 226 g/mol. The molecule has 0 radical (unpaired) electrons. The Hall–Kier alpha value is -2.49. The van der Waals surface area contributed by atoms with Crippen LogP contribution < -0.4 is 10.5 Å². The maximum atomic E-state index is 5.86. The molecule has 0 bridgehead atoms. The fraction of sp³-hybridized carbons (Fsp3) is 0.0714. The van der Waals surface area contributed by atoms with Gasteiger partial charge in [0, 0.05) is 18.5 Å². The van der Waals surface area contributed by atoms with E-state index in [0.29, 0.717) is 11.4 Å². The number of para-hydroxylation sites is 1. The highest BCUT2D eigenvalue weighted by molar-refractivity contribution is 5.61. The molecule has 1 aromatic carbocycles. The minimum Gasteiger partial charge on any atom is -0.453 e. The molecule has 3 aromatic rings. The summed E-state index contributed by atoms with van der Waals surface area (Å²) in [5, 5.41) is 0. The van der Waals surface area contributed by atoms with E-state index in [4.69, 9.17) is 10.5 Å². The molecule has 0 amide bonds. The van der Waals surface area contributed by atoms with E-state index in [9.17, 15) is 0 Å². The average Bonchev–Trinajstić information content (AvgIpc) is 2.71. The van der Waals surface area contributed by atoms with Crippen molar-refractivity contribution in [3.8, 4) is 11.5 Å². The molecule has 3 rings (SSSR count). The van der Waals surface area contributed by atoms with Gasteiger partial charge in [-0.2, -0.15) is 0 Å². The molecule has 0 spiro atoms. The van der Waals surface area contributed by atoms with Crippen LogP contribution in [0.1, 0.15) is 5.69 Å². The van der Waals surface area contributed by atoms with Gasteiger partial charge in [0.2, 0.25) is 0 Å². The summed E-state index contributed by atoms with van der Waals surface area (Å²) >= 11 is 0. The zero-order chi connectivity index (χ0) is 12.5. The first-order valence-electron chi connectivity index (χ1n) is 5.70. The van der Waals surface area contributed by atoms with Crippen LogP contribution in [-0.4, -0.2) is 9.38 Å². The van der Waals surface area contributed by atoms with Crippen molar-refractivity contribution >= 4 is 11.3 Å². The quantitative estimate of drug-likeness (QED) is 0.747. The first-order chi connectivity index (χ1) is 8.72. The first-order valence-corrected chi connectivity index (χ1v) is 5.70. The average molecular weight is 239 g/mol. The number of pyridine rings is 1. The molecule has 0 saturated carbocycles. The molecule has 0 aliphatic carbocycles. The number of hydrogen-bond donors (Lipinski definition) is 1. The Labute approximate surface area is 105 Å². The maximum absolute atomic E-state index is 5.86. The number of nitrogens with zero attached hydrogens (tertiary/aromatic N) is 2. The number of hydrogen-bond acceptors (Lipinski definition) is 3. The van der Waals surface area contributed by atoms with Gasteiger partial charge in [0.1, 0.15) is 5.75 Å². The summed E-state index contributed by atoms with van der Waals surface area (Å²) in [6, 6.07) is 11.4. The van der Waals surface area contributed by atoms with E-state index in [0.717, 1.165) is 17.1 Å². The molecule has 0 saturated heterocycles. The summed E-state index contributed by atoms with van der Waals surface area (Å²) in [4.78, 5) is 4.43. The second-order valence-corrected chi connectivity index (χ2v) is 4.17. The topological polar surface area (TPSA) is 52.5 Å². The van der Waals surface area contributed by atoms with Crippen molar-refractivity contribution in [2.45, 2.75) is 6.92 Å². The molecule has 0 atom stereocenters. The Bertz CT molecular complexity index is 689. The molecule has 90 valence electrons. The monoisotopic (exact) mass is 239 g/mol. The molecule has 0 aliphatic heterocycles. The predicted octanol–water partition coefficient (Wildman–Crippen LogP) is 3.02. The van der Waals surface area contributed by atoms with Crippen molar-refractivity contribution in [2.75, 3.05) is 5.73 Å². The van der Waals surface area contributed by atoms with Crippen LogP contribution in [0, 0.1) is 6.92 Å². The van der Waals surface area contributed by atoms with E-state index < -0.39 is 0 Å². The SMILES string of the molecule is Cc1cn2cc(N)cc(Oc3ccccc3)c2n1. The molecule has 4 nitrogen and oxygen atoms in total. The number of fused-ring (bicyclic) bond motifs is 1. The summed E-state index contributed by atoms with van der Waals surface area (Å²) < 4.78 is 7.70. The van der Waals surface area contributed by atoms with Crippen LogP contribution in [0.4, 0.5) is 5.69 Å². The predicted molar refractivity (Wildman–Crippen MR) is 70.9 cm³/mol. The molecule has 18 heavy (non-hydrogen) atoms. The third-order valence-corrected chi connectivity index (χ3v) is 2.63. The van der Waals surface area contributed by atoms with Crippen LogP contribution in [-0.2, 0) is 0 Å². The van der Waals surface area contributed by atoms with Crippen molar-refractivity contribution < 1.29 is 4.74 Å². The third kappa shape index (κ3) is 1.88. The van der Waals surface area contributed by atoms with Crippen molar-refractivity contribution in [3.63, 3.8) is 0 Å². The van der Waals surface area contributed by atoms with Gasteiger partial charge >= 0.3 is 0 Å². The summed E-state index contributed by atoms with van der Waals surface area (Å²) in [6.45, 7) is 1.94. The van der Waals surface area contributed by atoms with Gasteiger partial charge in [-0.15, -0.1) is 0 Å². The fourth-order valence-electron chi connectivity index (χ4n) is 1.90. The number of imidazole rings is 1. The van der Waals surface area contributed by atoms with Gasteiger partial charge in [-0.05, 0) is 19.1 Å². The first kappa shape index (κ1) is 10.7. The van der Waals surface area contributed by atoms with Gasteiger partial charge in [-0.3, -0.25) is 0 Å². The number of rotatable bonds is 2. The summed E-state index contributed by atoms with van der Waals surface area (Å²) in [5.74, 6) is 1.43. The van der Waals surface area contributed by atoms with Gasteiger partial charge in [-0.1, -0.05) is 18.2 Å². The van der Waals surface area contributed by atoms with E-state index >= 15 is 0 Å². The Morgan fingerprint density at radius 2 is 1.94 bits per heavy atom. The van der Waals surface area contributed by atoms with Crippen molar-refractivity contribution in [2.24, 2.45) is 0 Å². The molecule has 0 aliphatic rings. The normalized spacial score (nSPS) is 10.7. The number of ether oxygens (including phenoxy) is 1. The third-order valence-electron chi connectivity index (χ3n) is 2.63. The van der Waals surface area contributed by atoms with E-state index in [1.54, 1.807) is 6.07 Å². The lowest BCUT2D eigenvalue weighted by atomic mass is 10.3. The summed E-state index contributed by atoms with van der Waals surface area (Å²) in [6.07, 6.45) is 3.75. The van der Waals surface area contributed by atoms with Gasteiger partial charge in [0.15, 0.2) is 11.4 Å². The number of anilines is 1. The number of aryl methyl sites for hydroxylation is 1. The largest absolute Gasteiger partial charge is 0.453 e. The minimum absolute atomic E-state index is 0.644. The smallest absolute Gasteiger partial charge is 0.180 e. The van der Waals surface area contributed by atoms with Crippen molar-refractivity contribution in [3.05, 3.63) is 54.5 Å². The maximum Gasteiger partial charge on any atom is 0.180 e. The van der Waals surface area contributed by atoms with Crippen LogP contribution in [0.15, 0.2) is 48.8 Å². The Morgan fingerprint density at radius 3 is 2.72 bits per heavy atom. The summed E-state index contributed by atoms with van der Waals surface area (Å²) in [7, 11) is 0. The van der Waals surface area contributed by atoms with Crippen LogP contribution in [0.5, 0.6) is 11.5 Å². The number of nitrogens with two attached hydrogens (primary N) is 1. The zero-order valence-electron chi connectivity index (χ0n) is 10.00. The fourth-order valence-corrected chi connectivity index (χ4v) is 1.90. The highest BCUT2D eigenvalue weighted by Crippen LogP contribution is 2.27. The van der Waals surface area contributed by atoms with Crippen LogP contribution in [0.2, 0.25) is 0 Å². The number of aromatic nitrogens is 2. The summed E-state index contributed by atoms with van der Waals surface area (Å²) in [5.41, 5.74) is 8.20. The van der Waals surface area contributed by atoms with E-state index in [1.165, 1.54) is 0 Å². The standard InChI is InChI=1S/C14H13N3O/c1-10-8-17-9-11(15)7-13(14(17)16-10)18-12-5-3-2-4-6-12/h2-9H,15H2,1H3. The van der Waals surface area contributed by atoms with Crippen LogP contribution >= 0.6 is 0 Å². The highest BCUT2D eigenvalue weighted by atomic mass is 16.5. The minimum atomic E-state index is 0.644. The highest BCUT2D eigenvalue weighted by Gasteiger charge is 2.08. The molecular formula is C14H13N3O. The molecule has 2 N–H and O–H groups in total. The van der Waals surface area contributed by atoms with Crippen LogP contribution in [0.3, 0.4) is 0 Å². The Balaban J connectivity index is 2.10. The Morgan fingerprint density at radius 1 is 1.17 bits per heavy atom. The van der Waals surface area contributed by atoms with Crippen LogP contribution in [0.25, 0.3) is 5.65 Å². The Kier molecular flexibility index (Phi) is 2.41. The second-order valence-electron chi connectivity index (χ2n) is 4.17. The zero-order valence-corrected chi connectivity index (χ0v) is 10.00. The lowest BCUT2D eigenvalue weighted by Crippen LogP contribution is -1.94. The van der Waals surface area contributed by atoms with Gasteiger partial charge < -0.3 is 14.9 Å².